The van der Waals surface area contributed by atoms with Gasteiger partial charge < -0.3 is 9.84 Å². The molecule has 0 unspecified atom stereocenters. The monoisotopic (exact) mass is 221 g/mol. The highest BCUT2D eigenvalue weighted by Crippen LogP contribution is 2.20. The van der Waals surface area contributed by atoms with Crippen molar-refractivity contribution >= 4 is 0 Å². The zero-order valence-electron chi connectivity index (χ0n) is 9.67. The van der Waals surface area contributed by atoms with Crippen LogP contribution < -0.4 is 0 Å². The molecule has 1 aromatic rings. The maximum atomic E-state index is 10.1. The van der Waals surface area contributed by atoms with E-state index in [1.807, 2.05) is 18.2 Å². The summed E-state index contributed by atoms with van der Waals surface area (Å²) in [5.41, 5.74) is 1.23. The van der Waals surface area contributed by atoms with Gasteiger partial charge in [-0.3, -0.25) is 4.90 Å². The van der Waals surface area contributed by atoms with Crippen LogP contribution in [0.3, 0.4) is 0 Å². The predicted molar refractivity (Wildman–Crippen MR) is 62.9 cm³/mol. The number of aliphatic hydroxyl groups is 1. The minimum Gasteiger partial charge on any atom is -0.377 e. The molecule has 2 atom stereocenters. The summed E-state index contributed by atoms with van der Waals surface area (Å²) in [6, 6.07) is 10.2. The number of ether oxygens (including phenoxy) is 1. The third-order valence-electron chi connectivity index (χ3n) is 3.17. The lowest BCUT2D eigenvalue weighted by Gasteiger charge is -2.37. The second-order valence-corrected chi connectivity index (χ2v) is 4.29. The Balaban J connectivity index is 1.99. The fourth-order valence-electron chi connectivity index (χ4n) is 2.24. The molecule has 3 nitrogen and oxygen atoms in total. The highest BCUT2D eigenvalue weighted by Gasteiger charge is 2.29. The Bertz CT molecular complexity index is 315. The maximum absolute atomic E-state index is 10.1. The number of hydrogen-bond donors (Lipinski definition) is 1. The summed E-state index contributed by atoms with van der Waals surface area (Å²) in [5.74, 6) is 0. The number of nitrogens with zero attached hydrogens (tertiary/aromatic N) is 1. The summed E-state index contributed by atoms with van der Waals surface area (Å²) in [6.07, 6.45) is 1.52. The van der Waals surface area contributed by atoms with E-state index in [1.165, 1.54) is 5.56 Å². The van der Waals surface area contributed by atoms with Crippen molar-refractivity contribution in [2.45, 2.75) is 31.7 Å². The average molecular weight is 221 g/mol. The molecule has 1 fully saturated rings. The Morgan fingerprint density at radius 2 is 2.12 bits per heavy atom. The molecular formula is C13H19NO2. The van der Waals surface area contributed by atoms with Crippen LogP contribution in [0.25, 0.3) is 0 Å². The lowest BCUT2D eigenvalue weighted by molar-refractivity contribution is -0.125. The molecule has 2 rings (SSSR count). The molecule has 0 aromatic heterocycles. The molecule has 1 aromatic carbocycles. The third kappa shape index (κ3) is 2.61. The first-order valence-electron chi connectivity index (χ1n) is 5.80. The van der Waals surface area contributed by atoms with Gasteiger partial charge in [-0.05, 0) is 18.4 Å². The number of likely N-dealkylation sites (tertiary alicyclic amines) is 1. The largest absolute Gasteiger partial charge is 0.377 e. The zero-order valence-corrected chi connectivity index (χ0v) is 9.67. The van der Waals surface area contributed by atoms with E-state index in [1.54, 1.807) is 7.11 Å². The van der Waals surface area contributed by atoms with Crippen LogP contribution in [0.2, 0.25) is 0 Å². The highest BCUT2D eigenvalue weighted by molar-refractivity contribution is 5.14. The number of rotatable bonds is 3. The van der Waals surface area contributed by atoms with Crippen molar-refractivity contribution in [1.82, 2.24) is 4.90 Å². The Hall–Kier alpha value is -0.900. The molecule has 0 amide bonds. The molecule has 1 aliphatic rings. The van der Waals surface area contributed by atoms with Crippen LogP contribution in [-0.4, -0.2) is 36.0 Å². The van der Waals surface area contributed by atoms with E-state index in [2.05, 4.69) is 17.0 Å². The summed E-state index contributed by atoms with van der Waals surface area (Å²) in [5, 5.41) is 10.1. The van der Waals surface area contributed by atoms with Gasteiger partial charge in [0, 0.05) is 20.2 Å². The molecule has 0 radical (unpaired) electrons. The summed E-state index contributed by atoms with van der Waals surface area (Å²) < 4.78 is 5.28. The number of aliphatic hydroxyl groups excluding tert-OH is 1. The van der Waals surface area contributed by atoms with Crippen molar-refractivity contribution < 1.29 is 9.84 Å². The lowest BCUT2D eigenvalue weighted by atomic mass is 10.1. The number of hydrogen-bond acceptors (Lipinski definition) is 3. The van der Waals surface area contributed by atoms with Crippen molar-refractivity contribution in [3.8, 4) is 0 Å². The molecular weight excluding hydrogens is 202 g/mol. The Kier molecular flexibility index (Phi) is 3.93. The van der Waals surface area contributed by atoms with Crippen LogP contribution in [0, 0.1) is 0 Å². The molecule has 1 saturated heterocycles. The van der Waals surface area contributed by atoms with Crippen LogP contribution in [0.1, 0.15) is 18.4 Å². The SMILES string of the molecule is CO[C@@H]1CCCN(Cc2ccccc2)[C@@H]1O. The van der Waals surface area contributed by atoms with Gasteiger partial charge in [-0.25, -0.2) is 0 Å². The summed E-state index contributed by atoms with van der Waals surface area (Å²) in [7, 11) is 1.67. The van der Waals surface area contributed by atoms with Crippen LogP contribution in [0.15, 0.2) is 30.3 Å². The summed E-state index contributed by atoms with van der Waals surface area (Å²) >= 11 is 0. The van der Waals surface area contributed by atoms with Gasteiger partial charge in [-0.15, -0.1) is 0 Å². The van der Waals surface area contributed by atoms with Crippen molar-refractivity contribution in [3.05, 3.63) is 35.9 Å². The van der Waals surface area contributed by atoms with Gasteiger partial charge in [0.05, 0.1) is 6.10 Å². The van der Waals surface area contributed by atoms with E-state index in [-0.39, 0.29) is 6.10 Å². The first-order valence-corrected chi connectivity index (χ1v) is 5.80. The van der Waals surface area contributed by atoms with Crippen molar-refractivity contribution in [2.75, 3.05) is 13.7 Å². The number of methoxy groups -OCH3 is 1. The van der Waals surface area contributed by atoms with Crippen molar-refractivity contribution in [1.29, 1.82) is 0 Å². The summed E-state index contributed by atoms with van der Waals surface area (Å²) in [4.78, 5) is 2.08. The number of piperidine rings is 1. The Morgan fingerprint density at radius 1 is 1.38 bits per heavy atom. The van der Waals surface area contributed by atoms with Gasteiger partial charge >= 0.3 is 0 Å². The topological polar surface area (TPSA) is 32.7 Å². The Labute approximate surface area is 96.6 Å². The van der Waals surface area contributed by atoms with E-state index in [9.17, 15) is 5.11 Å². The molecule has 88 valence electrons. The second kappa shape index (κ2) is 5.43. The highest BCUT2D eigenvalue weighted by atomic mass is 16.5. The normalized spacial score (nSPS) is 26.9. The first kappa shape index (κ1) is 11.6. The molecule has 16 heavy (non-hydrogen) atoms. The minimum absolute atomic E-state index is 0.0440. The van der Waals surface area contributed by atoms with Crippen molar-refractivity contribution in [2.24, 2.45) is 0 Å². The van der Waals surface area contributed by atoms with E-state index >= 15 is 0 Å². The zero-order chi connectivity index (χ0) is 11.4. The van der Waals surface area contributed by atoms with E-state index in [4.69, 9.17) is 4.74 Å². The van der Waals surface area contributed by atoms with Gasteiger partial charge in [-0.2, -0.15) is 0 Å². The predicted octanol–water partition coefficient (Wildman–Crippen LogP) is 1.62. The van der Waals surface area contributed by atoms with E-state index in [0.717, 1.165) is 25.9 Å². The quantitative estimate of drug-likeness (QED) is 0.841. The van der Waals surface area contributed by atoms with Gasteiger partial charge in [-0.1, -0.05) is 30.3 Å². The van der Waals surface area contributed by atoms with Crippen LogP contribution in [0.4, 0.5) is 0 Å². The minimum atomic E-state index is -0.473. The van der Waals surface area contributed by atoms with Gasteiger partial charge in [0.1, 0.15) is 6.23 Å². The maximum Gasteiger partial charge on any atom is 0.134 e. The molecule has 0 saturated carbocycles. The van der Waals surface area contributed by atoms with Gasteiger partial charge in [0.25, 0.3) is 0 Å². The first-order chi connectivity index (χ1) is 7.81. The fraction of sp³-hybridized carbons (Fsp3) is 0.538. The Morgan fingerprint density at radius 3 is 2.81 bits per heavy atom. The lowest BCUT2D eigenvalue weighted by Crippen LogP contribution is -2.48. The molecule has 0 aliphatic carbocycles. The van der Waals surface area contributed by atoms with Gasteiger partial charge in [0.2, 0.25) is 0 Å². The molecule has 1 heterocycles. The molecule has 1 N–H and O–H groups in total. The van der Waals surface area contributed by atoms with E-state index in [0.29, 0.717) is 0 Å². The molecule has 0 bridgehead atoms. The fourth-order valence-corrected chi connectivity index (χ4v) is 2.24. The molecule has 0 spiro atoms. The average Bonchev–Trinajstić information content (AvgIpc) is 2.33. The molecule has 3 heteroatoms. The number of benzene rings is 1. The second-order valence-electron chi connectivity index (χ2n) is 4.29. The molecule has 1 aliphatic heterocycles. The smallest absolute Gasteiger partial charge is 0.134 e. The van der Waals surface area contributed by atoms with Gasteiger partial charge in [0.15, 0.2) is 0 Å². The van der Waals surface area contributed by atoms with Crippen LogP contribution in [-0.2, 0) is 11.3 Å². The van der Waals surface area contributed by atoms with Crippen LogP contribution in [0.5, 0.6) is 0 Å². The van der Waals surface area contributed by atoms with E-state index < -0.39 is 6.23 Å². The van der Waals surface area contributed by atoms with Crippen molar-refractivity contribution in [3.63, 3.8) is 0 Å². The third-order valence-corrected chi connectivity index (χ3v) is 3.17. The summed E-state index contributed by atoms with van der Waals surface area (Å²) in [6.45, 7) is 1.73. The van der Waals surface area contributed by atoms with Crippen LogP contribution >= 0.6 is 0 Å². The standard InChI is InChI=1S/C13H19NO2/c1-16-12-8-5-9-14(13(12)15)10-11-6-3-2-4-7-11/h2-4,6-7,12-13,15H,5,8-10H2,1H3/t12-,13-/m1/s1.